The summed E-state index contributed by atoms with van der Waals surface area (Å²) in [7, 11) is -3.08. The lowest BCUT2D eigenvalue weighted by atomic mass is 10.1. The van der Waals surface area contributed by atoms with Crippen LogP contribution in [0, 0.1) is 0 Å². The topological polar surface area (TPSA) is 49.4 Å². The third-order valence-electron chi connectivity index (χ3n) is 3.76. The maximum absolute atomic E-state index is 12.4. The van der Waals surface area contributed by atoms with E-state index in [0.717, 1.165) is 31.6 Å². The summed E-state index contributed by atoms with van der Waals surface area (Å²) in [6.07, 6.45) is 3.03. The molecule has 106 valence electrons. The Bertz CT molecular complexity index is 376. The summed E-state index contributed by atoms with van der Waals surface area (Å²) in [5.74, 6) is 1.18. The van der Waals surface area contributed by atoms with Gasteiger partial charge in [0.05, 0.1) is 5.75 Å². The fraction of sp³-hybridized carbons (Fsp3) is 1.00. The minimum atomic E-state index is -3.08. The highest BCUT2D eigenvalue weighted by Gasteiger charge is 2.31. The minimum Gasteiger partial charge on any atom is -0.313 e. The molecule has 6 heteroatoms. The van der Waals surface area contributed by atoms with E-state index < -0.39 is 10.0 Å². The number of hydrogen-bond donors (Lipinski definition) is 1. The molecule has 0 bridgehead atoms. The predicted molar refractivity (Wildman–Crippen MR) is 77.5 cm³/mol. The van der Waals surface area contributed by atoms with Gasteiger partial charge in [-0.25, -0.2) is 12.7 Å². The van der Waals surface area contributed by atoms with Crippen LogP contribution in [0.25, 0.3) is 0 Å². The summed E-state index contributed by atoms with van der Waals surface area (Å²) >= 11 is 1.88. The van der Waals surface area contributed by atoms with Crippen LogP contribution in [-0.4, -0.2) is 54.7 Å². The van der Waals surface area contributed by atoms with Gasteiger partial charge in [0, 0.05) is 29.6 Å². The van der Waals surface area contributed by atoms with Gasteiger partial charge in [-0.1, -0.05) is 13.8 Å². The molecule has 0 spiro atoms. The number of rotatable bonds is 3. The fourth-order valence-electron chi connectivity index (χ4n) is 2.54. The van der Waals surface area contributed by atoms with Crippen molar-refractivity contribution in [1.29, 1.82) is 0 Å². The van der Waals surface area contributed by atoms with Gasteiger partial charge in [0.1, 0.15) is 0 Å². The van der Waals surface area contributed by atoms with Crippen molar-refractivity contribution >= 4 is 21.8 Å². The molecule has 2 saturated heterocycles. The maximum Gasteiger partial charge on any atom is 0.215 e. The van der Waals surface area contributed by atoms with Crippen molar-refractivity contribution in [2.75, 3.05) is 31.1 Å². The Hall–Kier alpha value is 0.220. The van der Waals surface area contributed by atoms with E-state index in [4.69, 9.17) is 0 Å². The van der Waals surface area contributed by atoms with Gasteiger partial charge in [0.25, 0.3) is 0 Å². The van der Waals surface area contributed by atoms with Crippen LogP contribution in [0.1, 0.15) is 33.1 Å². The van der Waals surface area contributed by atoms with Gasteiger partial charge in [-0.05, 0) is 25.8 Å². The maximum atomic E-state index is 12.4. The Labute approximate surface area is 115 Å². The fourth-order valence-corrected chi connectivity index (χ4v) is 5.50. The van der Waals surface area contributed by atoms with Gasteiger partial charge in [0.15, 0.2) is 0 Å². The van der Waals surface area contributed by atoms with Gasteiger partial charge in [-0.2, -0.15) is 11.8 Å². The number of hydrogen-bond acceptors (Lipinski definition) is 4. The van der Waals surface area contributed by atoms with Crippen molar-refractivity contribution in [3.8, 4) is 0 Å². The standard InChI is InChI=1S/C12H24N2O2S2/c1-12(2)5-7-14(8-9-17-12)18(15,16)10-11-4-3-6-13-11/h11,13H,3-10H2,1-2H3. The highest BCUT2D eigenvalue weighted by molar-refractivity contribution is 8.00. The number of sulfonamides is 1. The van der Waals surface area contributed by atoms with Gasteiger partial charge in [0.2, 0.25) is 10.0 Å². The molecule has 1 N–H and O–H groups in total. The van der Waals surface area contributed by atoms with Crippen LogP contribution in [0.5, 0.6) is 0 Å². The van der Waals surface area contributed by atoms with Crippen molar-refractivity contribution in [1.82, 2.24) is 9.62 Å². The molecule has 2 heterocycles. The van der Waals surface area contributed by atoms with Crippen LogP contribution < -0.4 is 5.32 Å². The van der Waals surface area contributed by atoms with Crippen molar-refractivity contribution in [2.24, 2.45) is 0 Å². The summed E-state index contributed by atoms with van der Waals surface area (Å²) < 4.78 is 26.7. The smallest absolute Gasteiger partial charge is 0.215 e. The molecule has 1 unspecified atom stereocenters. The van der Waals surface area contributed by atoms with Gasteiger partial charge >= 0.3 is 0 Å². The average Bonchev–Trinajstić information content (AvgIpc) is 2.67. The van der Waals surface area contributed by atoms with Crippen LogP contribution in [-0.2, 0) is 10.0 Å². The number of nitrogens with zero attached hydrogens (tertiary/aromatic N) is 1. The molecule has 18 heavy (non-hydrogen) atoms. The first-order valence-electron chi connectivity index (χ1n) is 6.74. The zero-order valence-corrected chi connectivity index (χ0v) is 12.9. The lowest BCUT2D eigenvalue weighted by Gasteiger charge is -2.23. The van der Waals surface area contributed by atoms with Crippen LogP contribution in [0.15, 0.2) is 0 Å². The number of nitrogens with one attached hydrogen (secondary N) is 1. The first kappa shape index (κ1) is 14.6. The van der Waals surface area contributed by atoms with Crippen molar-refractivity contribution in [3.05, 3.63) is 0 Å². The summed E-state index contributed by atoms with van der Waals surface area (Å²) in [4.78, 5) is 0. The summed E-state index contributed by atoms with van der Waals surface area (Å²) in [5, 5.41) is 3.27. The molecule has 0 amide bonds. The number of thioether (sulfide) groups is 1. The minimum absolute atomic E-state index is 0.166. The Morgan fingerprint density at radius 2 is 2.17 bits per heavy atom. The zero-order valence-electron chi connectivity index (χ0n) is 11.3. The quantitative estimate of drug-likeness (QED) is 0.851. The second-order valence-electron chi connectivity index (χ2n) is 5.83. The van der Waals surface area contributed by atoms with Crippen LogP contribution in [0.4, 0.5) is 0 Å². The Balaban J connectivity index is 1.96. The second-order valence-corrected chi connectivity index (χ2v) is 9.64. The highest BCUT2D eigenvalue weighted by atomic mass is 32.2. The zero-order chi connectivity index (χ0) is 13.2. The van der Waals surface area contributed by atoms with Crippen LogP contribution >= 0.6 is 11.8 Å². The van der Waals surface area contributed by atoms with Crippen LogP contribution in [0.2, 0.25) is 0 Å². The van der Waals surface area contributed by atoms with E-state index in [1.165, 1.54) is 0 Å². The van der Waals surface area contributed by atoms with E-state index in [1.54, 1.807) is 4.31 Å². The van der Waals surface area contributed by atoms with Gasteiger partial charge < -0.3 is 5.32 Å². The Morgan fingerprint density at radius 3 is 2.83 bits per heavy atom. The molecule has 0 aromatic carbocycles. The van der Waals surface area contributed by atoms with E-state index in [9.17, 15) is 8.42 Å². The first-order valence-corrected chi connectivity index (χ1v) is 9.34. The van der Waals surface area contributed by atoms with Crippen LogP contribution in [0.3, 0.4) is 0 Å². The normalized spacial score (nSPS) is 30.2. The molecule has 2 aliphatic heterocycles. The SMILES string of the molecule is CC1(C)CCN(S(=O)(=O)CC2CCCN2)CCS1. The molecule has 0 radical (unpaired) electrons. The summed E-state index contributed by atoms with van der Waals surface area (Å²) in [6.45, 7) is 6.71. The third-order valence-corrected chi connectivity index (χ3v) is 7.11. The van der Waals surface area contributed by atoms with E-state index in [0.29, 0.717) is 13.1 Å². The Morgan fingerprint density at radius 1 is 1.39 bits per heavy atom. The molecule has 2 aliphatic rings. The molecule has 0 aromatic heterocycles. The lowest BCUT2D eigenvalue weighted by molar-refractivity contribution is 0.411. The third kappa shape index (κ3) is 3.85. The highest BCUT2D eigenvalue weighted by Crippen LogP contribution is 2.31. The molecule has 0 aliphatic carbocycles. The molecular weight excluding hydrogens is 268 g/mol. The van der Waals surface area contributed by atoms with E-state index in [-0.39, 0.29) is 16.5 Å². The molecule has 0 aromatic rings. The van der Waals surface area contributed by atoms with Gasteiger partial charge in [-0.15, -0.1) is 0 Å². The van der Waals surface area contributed by atoms with Crippen molar-refractivity contribution in [2.45, 2.75) is 43.9 Å². The van der Waals surface area contributed by atoms with Gasteiger partial charge in [-0.3, -0.25) is 0 Å². The monoisotopic (exact) mass is 292 g/mol. The molecule has 4 nitrogen and oxygen atoms in total. The molecule has 0 saturated carbocycles. The summed E-state index contributed by atoms with van der Waals surface area (Å²) in [6, 6.07) is 0.166. The second kappa shape index (κ2) is 5.69. The molecule has 2 fully saturated rings. The molecule has 1 atom stereocenters. The summed E-state index contributed by atoms with van der Waals surface area (Å²) in [5.41, 5.74) is 0. The molecular formula is C12H24N2O2S2. The van der Waals surface area contributed by atoms with Crippen molar-refractivity contribution in [3.63, 3.8) is 0 Å². The largest absolute Gasteiger partial charge is 0.313 e. The lowest BCUT2D eigenvalue weighted by Crippen LogP contribution is -2.41. The Kier molecular flexibility index (Phi) is 4.62. The average molecular weight is 292 g/mol. The first-order chi connectivity index (χ1) is 8.39. The van der Waals surface area contributed by atoms with Crippen molar-refractivity contribution < 1.29 is 8.42 Å². The van der Waals surface area contributed by atoms with E-state index in [1.807, 2.05) is 11.8 Å². The molecule has 2 rings (SSSR count). The van der Waals surface area contributed by atoms with E-state index in [2.05, 4.69) is 19.2 Å². The predicted octanol–water partition coefficient (Wildman–Crippen LogP) is 1.29. The van der Waals surface area contributed by atoms with E-state index >= 15 is 0 Å².